The second-order valence-electron chi connectivity index (χ2n) is 5.40. The molecule has 23 heavy (non-hydrogen) atoms. The number of carbonyl (C=O) groups excluding carboxylic acids is 1. The van der Waals surface area contributed by atoms with Gasteiger partial charge in [-0.05, 0) is 41.2 Å². The minimum Gasteiger partial charge on any atom is -0.507 e. The van der Waals surface area contributed by atoms with Crippen LogP contribution in [0, 0.1) is 6.92 Å². The maximum absolute atomic E-state index is 13.6. The fraction of sp³-hybridized carbons (Fsp3) is 0.235. The number of hydrogen-bond donors (Lipinski definition) is 1. The van der Waals surface area contributed by atoms with Crippen molar-refractivity contribution in [1.82, 2.24) is 0 Å². The van der Waals surface area contributed by atoms with Gasteiger partial charge in [0.15, 0.2) is 0 Å². The molecular weight excluding hydrogens is 309 g/mol. The summed E-state index contributed by atoms with van der Waals surface area (Å²) in [5.74, 6) is -1.88. The zero-order valence-electron chi connectivity index (χ0n) is 12.4. The third kappa shape index (κ3) is 2.17. The highest BCUT2D eigenvalue weighted by Crippen LogP contribution is 2.50. The summed E-state index contributed by atoms with van der Waals surface area (Å²) in [5, 5.41) is 10.2. The molecule has 3 rings (SSSR count). The molecule has 0 saturated heterocycles. The highest BCUT2D eigenvalue weighted by atomic mass is 19.4. The number of alkyl halides is 3. The monoisotopic (exact) mass is 322 g/mol. The quantitative estimate of drug-likeness (QED) is 0.687. The Balaban J connectivity index is 2.44. The molecule has 0 heterocycles. The molecule has 2 aromatic rings. The lowest BCUT2D eigenvalue weighted by Gasteiger charge is -2.20. The van der Waals surface area contributed by atoms with E-state index in [1.807, 2.05) is 0 Å². The third-order valence-electron chi connectivity index (χ3n) is 4.15. The zero-order chi connectivity index (χ0) is 16.9. The predicted octanol–water partition coefficient (Wildman–Crippen LogP) is 4.08. The van der Waals surface area contributed by atoms with Crippen molar-refractivity contribution in [1.29, 1.82) is 0 Å². The second kappa shape index (κ2) is 5.01. The summed E-state index contributed by atoms with van der Waals surface area (Å²) >= 11 is 0. The van der Waals surface area contributed by atoms with Crippen molar-refractivity contribution in [3.8, 4) is 16.9 Å². The Kier molecular flexibility index (Phi) is 3.35. The molecule has 0 aromatic heterocycles. The van der Waals surface area contributed by atoms with E-state index in [9.17, 15) is 23.1 Å². The van der Waals surface area contributed by atoms with Gasteiger partial charge in [0.2, 0.25) is 0 Å². The van der Waals surface area contributed by atoms with Crippen LogP contribution in [-0.2, 0) is 17.3 Å². The Morgan fingerprint density at radius 3 is 2.52 bits per heavy atom. The van der Waals surface area contributed by atoms with Gasteiger partial charge in [-0.25, -0.2) is 4.79 Å². The van der Waals surface area contributed by atoms with E-state index in [0.717, 1.165) is 12.7 Å². The van der Waals surface area contributed by atoms with E-state index < -0.39 is 29.0 Å². The van der Waals surface area contributed by atoms with Gasteiger partial charge in [0.1, 0.15) is 11.3 Å². The van der Waals surface area contributed by atoms with Crippen LogP contribution in [0.5, 0.6) is 5.75 Å². The Morgan fingerprint density at radius 2 is 1.91 bits per heavy atom. The standard InChI is InChI=1S/C17H13F3O3/c1-8-12-10-6-4-3-5-9(10)7-11(12)14(17(18,19)20)13(15(8)21)16(22)23-2/h3-6,21H,7H2,1-2H3. The highest BCUT2D eigenvalue weighted by molar-refractivity contribution is 5.98. The molecule has 0 amide bonds. The molecule has 0 radical (unpaired) electrons. The van der Waals surface area contributed by atoms with Crippen LogP contribution in [0.1, 0.15) is 32.6 Å². The molecule has 3 nitrogen and oxygen atoms in total. The van der Waals surface area contributed by atoms with E-state index in [2.05, 4.69) is 4.74 Å². The van der Waals surface area contributed by atoms with Crippen molar-refractivity contribution in [3.05, 3.63) is 52.1 Å². The number of esters is 1. The number of phenols is 1. The third-order valence-corrected chi connectivity index (χ3v) is 4.15. The first-order valence-electron chi connectivity index (χ1n) is 6.89. The van der Waals surface area contributed by atoms with Crippen molar-refractivity contribution in [2.24, 2.45) is 0 Å². The van der Waals surface area contributed by atoms with E-state index >= 15 is 0 Å². The zero-order valence-corrected chi connectivity index (χ0v) is 12.4. The molecule has 0 aliphatic heterocycles. The van der Waals surface area contributed by atoms with Crippen LogP contribution in [0.4, 0.5) is 13.2 Å². The number of carbonyl (C=O) groups is 1. The lowest BCUT2D eigenvalue weighted by molar-refractivity contribution is -0.138. The average molecular weight is 322 g/mol. The van der Waals surface area contributed by atoms with Crippen molar-refractivity contribution in [3.63, 3.8) is 0 Å². The summed E-state index contributed by atoms with van der Waals surface area (Å²) < 4.78 is 45.3. The van der Waals surface area contributed by atoms with E-state index in [1.165, 1.54) is 6.92 Å². The van der Waals surface area contributed by atoms with Crippen LogP contribution in [0.25, 0.3) is 11.1 Å². The van der Waals surface area contributed by atoms with Gasteiger partial charge in [-0.2, -0.15) is 13.2 Å². The van der Waals surface area contributed by atoms with Gasteiger partial charge in [0.25, 0.3) is 0 Å². The number of phenolic OH excluding ortho intramolecular Hbond substituents is 1. The molecule has 0 unspecified atom stereocenters. The van der Waals surface area contributed by atoms with Gasteiger partial charge in [-0.3, -0.25) is 0 Å². The average Bonchev–Trinajstić information content (AvgIpc) is 2.87. The maximum Gasteiger partial charge on any atom is 0.417 e. The lowest BCUT2D eigenvalue weighted by Crippen LogP contribution is -2.18. The predicted molar refractivity (Wildman–Crippen MR) is 77.4 cm³/mol. The SMILES string of the molecule is COC(=O)c1c(O)c(C)c2c(c1C(F)(F)F)Cc1ccccc1-2. The molecule has 1 aliphatic carbocycles. The molecule has 0 fully saturated rings. The smallest absolute Gasteiger partial charge is 0.417 e. The van der Waals surface area contributed by atoms with E-state index in [1.54, 1.807) is 24.3 Å². The molecule has 1 aliphatic rings. The molecule has 1 N–H and O–H groups in total. The molecule has 0 spiro atoms. The Hall–Kier alpha value is -2.50. The Labute approximate surface area is 130 Å². The van der Waals surface area contributed by atoms with Crippen LogP contribution in [0.3, 0.4) is 0 Å². The van der Waals surface area contributed by atoms with Crippen LogP contribution in [0.15, 0.2) is 24.3 Å². The van der Waals surface area contributed by atoms with Gasteiger partial charge in [0, 0.05) is 0 Å². The van der Waals surface area contributed by atoms with Crippen LogP contribution < -0.4 is 0 Å². The van der Waals surface area contributed by atoms with Gasteiger partial charge >= 0.3 is 12.1 Å². The van der Waals surface area contributed by atoms with Crippen molar-refractivity contribution in [2.75, 3.05) is 7.11 Å². The number of benzene rings is 2. The Bertz CT molecular complexity index is 823. The normalized spacial score (nSPS) is 12.7. The first kappa shape index (κ1) is 15.4. The Morgan fingerprint density at radius 1 is 1.26 bits per heavy atom. The first-order valence-corrected chi connectivity index (χ1v) is 6.89. The van der Waals surface area contributed by atoms with E-state index in [4.69, 9.17) is 0 Å². The van der Waals surface area contributed by atoms with Crippen molar-refractivity contribution in [2.45, 2.75) is 19.5 Å². The molecule has 120 valence electrons. The first-order chi connectivity index (χ1) is 10.8. The van der Waals surface area contributed by atoms with Crippen molar-refractivity contribution < 1.29 is 27.8 Å². The molecule has 2 aromatic carbocycles. The molecule has 6 heteroatoms. The van der Waals surface area contributed by atoms with Gasteiger partial charge in [-0.15, -0.1) is 0 Å². The number of methoxy groups -OCH3 is 1. The number of fused-ring (bicyclic) bond motifs is 3. The maximum atomic E-state index is 13.6. The van der Waals surface area contributed by atoms with Crippen LogP contribution >= 0.6 is 0 Å². The fourth-order valence-electron chi connectivity index (χ4n) is 3.19. The van der Waals surface area contributed by atoms with Crippen molar-refractivity contribution >= 4 is 5.97 Å². The molecule has 0 bridgehead atoms. The minimum absolute atomic E-state index is 0.00870. The summed E-state index contributed by atoms with van der Waals surface area (Å²) in [4.78, 5) is 11.8. The number of ether oxygens (including phenoxy) is 1. The summed E-state index contributed by atoms with van der Waals surface area (Å²) in [6.07, 6.45) is -4.72. The molecule has 0 saturated carbocycles. The summed E-state index contributed by atoms with van der Waals surface area (Å²) in [6.45, 7) is 1.50. The van der Waals surface area contributed by atoms with E-state index in [-0.39, 0.29) is 17.5 Å². The van der Waals surface area contributed by atoms with Gasteiger partial charge < -0.3 is 9.84 Å². The fourth-order valence-corrected chi connectivity index (χ4v) is 3.19. The number of aromatic hydroxyl groups is 1. The largest absolute Gasteiger partial charge is 0.507 e. The van der Waals surface area contributed by atoms with Crippen LogP contribution in [-0.4, -0.2) is 18.2 Å². The molecule has 0 atom stereocenters. The minimum atomic E-state index is -4.78. The lowest BCUT2D eigenvalue weighted by atomic mass is 9.90. The number of rotatable bonds is 1. The summed E-state index contributed by atoms with van der Waals surface area (Å²) in [7, 11) is 0.985. The second-order valence-corrected chi connectivity index (χ2v) is 5.40. The topological polar surface area (TPSA) is 46.5 Å². The number of hydrogen-bond acceptors (Lipinski definition) is 3. The van der Waals surface area contributed by atoms with Gasteiger partial charge in [-0.1, -0.05) is 24.3 Å². The molecular formula is C17H13F3O3. The summed E-state index contributed by atoms with van der Waals surface area (Å²) in [6, 6.07) is 6.93. The van der Waals surface area contributed by atoms with Crippen LogP contribution in [0.2, 0.25) is 0 Å². The van der Waals surface area contributed by atoms with E-state index in [0.29, 0.717) is 11.1 Å². The summed E-state index contributed by atoms with van der Waals surface area (Å²) in [5.41, 5.74) is 0.0586. The highest BCUT2D eigenvalue weighted by Gasteiger charge is 2.43. The van der Waals surface area contributed by atoms with Gasteiger partial charge in [0.05, 0.1) is 12.7 Å². The number of halogens is 3.